The first kappa shape index (κ1) is 11.6. The molecule has 0 spiro atoms. The van der Waals surface area contributed by atoms with Gasteiger partial charge >= 0.3 is 7.12 Å². The van der Waals surface area contributed by atoms with Crippen molar-refractivity contribution >= 4 is 12.6 Å². The zero-order valence-corrected chi connectivity index (χ0v) is 10.0. The van der Waals surface area contributed by atoms with E-state index in [9.17, 15) is 4.39 Å². The van der Waals surface area contributed by atoms with Crippen molar-refractivity contribution in [3.63, 3.8) is 0 Å². The number of rotatable bonds is 1. The second-order valence-corrected chi connectivity index (χ2v) is 5.02. The number of benzene rings is 1. The lowest BCUT2D eigenvalue weighted by Gasteiger charge is -2.32. The van der Waals surface area contributed by atoms with Gasteiger partial charge in [-0.1, -0.05) is 12.1 Å². The summed E-state index contributed by atoms with van der Waals surface area (Å²) in [5.74, 6) is -0.346. The van der Waals surface area contributed by atoms with Crippen LogP contribution in [-0.4, -0.2) is 18.3 Å². The molecule has 0 amide bonds. The maximum Gasteiger partial charge on any atom is 0.498 e. The lowest BCUT2D eigenvalue weighted by molar-refractivity contribution is 0.00578. The van der Waals surface area contributed by atoms with Gasteiger partial charge in [0.15, 0.2) is 0 Å². The summed E-state index contributed by atoms with van der Waals surface area (Å²) >= 11 is 0. The highest BCUT2D eigenvalue weighted by molar-refractivity contribution is 6.62. The molecule has 1 saturated heterocycles. The van der Waals surface area contributed by atoms with E-state index in [-0.39, 0.29) is 5.82 Å². The van der Waals surface area contributed by atoms with E-state index in [0.29, 0.717) is 5.46 Å². The fourth-order valence-electron chi connectivity index (χ4n) is 1.57. The van der Waals surface area contributed by atoms with Gasteiger partial charge in [-0.3, -0.25) is 0 Å². The van der Waals surface area contributed by atoms with Gasteiger partial charge < -0.3 is 9.31 Å². The van der Waals surface area contributed by atoms with Crippen molar-refractivity contribution in [1.82, 2.24) is 0 Å². The maximum atomic E-state index is 13.6. The van der Waals surface area contributed by atoms with Crippen molar-refractivity contribution in [3.05, 3.63) is 30.1 Å². The van der Waals surface area contributed by atoms with Crippen LogP contribution >= 0.6 is 0 Å². The third-order valence-corrected chi connectivity index (χ3v) is 3.32. The lowest BCUT2D eigenvalue weighted by atomic mass is 9.79. The molecule has 1 aromatic rings. The van der Waals surface area contributed by atoms with Crippen LogP contribution in [0.4, 0.5) is 4.39 Å². The van der Waals surface area contributed by atoms with Crippen LogP contribution in [0.1, 0.15) is 27.7 Å². The lowest BCUT2D eigenvalue weighted by Crippen LogP contribution is -2.41. The SMILES string of the molecule is CC1(C)OB(c2[c]cccc2F)OC1(C)C. The van der Waals surface area contributed by atoms with Gasteiger partial charge in [-0.05, 0) is 39.8 Å². The van der Waals surface area contributed by atoms with Gasteiger partial charge in [0.2, 0.25) is 0 Å². The molecule has 0 aliphatic carbocycles. The summed E-state index contributed by atoms with van der Waals surface area (Å²) in [5.41, 5.74) is -0.567. The molecule has 1 aliphatic rings. The Morgan fingerprint density at radius 2 is 1.75 bits per heavy atom. The first-order valence-electron chi connectivity index (χ1n) is 5.35. The second kappa shape index (κ2) is 3.57. The summed E-state index contributed by atoms with van der Waals surface area (Å²) in [6.07, 6.45) is 0. The third kappa shape index (κ3) is 1.76. The maximum absolute atomic E-state index is 13.6. The fraction of sp³-hybridized carbons (Fsp3) is 0.500. The second-order valence-electron chi connectivity index (χ2n) is 5.02. The number of hydrogen-bond donors (Lipinski definition) is 0. The topological polar surface area (TPSA) is 18.5 Å². The number of hydrogen-bond acceptors (Lipinski definition) is 2. The van der Waals surface area contributed by atoms with Crippen molar-refractivity contribution in [1.29, 1.82) is 0 Å². The molecule has 1 aromatic carbocycles. The van der Waals surface area contributed by atoms with Crippen molar-refractivity contribution < 1.29 is 13.7 Å². The minimum absolute atomic E-state index is 0.334. The Balaban J connectivity index is 2.31. The van der Waals surface area contributed by atoms with Crippen molar-refractivity contribution in [2.75, 3.05) is 0 Å². The molecule has 85 valence electrons. The van der Waals surface area contributed by atoms with E-state index >= 15 is 0 Å². The van der Waals surface area contributed by atoms with Gasteiger partial charge in [0, 0.05) is 5.46 Å². The molecule has 0 atom stereocenters. The average Bonchev–Trinajstić information content (AvgIpc) is 2.36. The van der Waals surface area contributed by atoms with Crippen LogP contribution in [-0.2, 0) is 9.31 Å². The summed E-state index contributed by atoms with van der Waals surface area (Å²) in [7, 11) is -0.675. The van der Waals surface area contributed by atoms with E-state index in [4.69, 9.17) is 9.31 Å². The van der Waals surface area contributed by atoms with Crippen molar-refractivity contribution in [2.24, 2.45) is 0 Å². The molecule has 0 N–H and O–H groups in total. The molecule has 0 saturated carbocycles. The first-order chi connectivity index (χ1) is 7.33. The zero-order valence-electron chi connectivity index (χ0n) is 10.0. The Morgan fingerprint density at radius 1 is 1.19 bits per heavy atom. The molecule has 16 heavy (non-hydrogen) atoms. The van der Waals surface area contributed by atoms with Crippen LogP contribution in [0, 0.1) is 11.9 Å². The molecule has 0 aromatic heterocycles. The molecule has 0 bridgehead atoms. The van der Waals surface area contributed by atoms with Gasteiger partial charge in [0.25, 0.3) is 0 Å². The molecule has 2 rings (SSSR count). The van der Waals surface area contributed by atoms with Gasteiger partial charge in [-0.2, -0.15) is 0 Å². The predicted octanol–water partition coefficient (Wildman–Crippen LogP) is 1.93. The van der Waals surface area contributed by atoms with Crippen LogP contribution in [0.3, 0.4) is 0 Å². The average molecular weight is 221 g/mol. The molecule has 4 heteroatoms. The standard InChI is InChI=1S/C12H15BFO2/c1-11(2)12(3,4)16-13(15-11)9-7-5-6-8-10(9)14/h5-6,8H,1-4H3. The molecule has 0 unspecified atom stereocenters. The van der Waals surface area contributed by atoms with Crippen LogP contribution in [0.25, 0.3) is 0 Å². The highest BCUT2D eigenvalue weighted by Gasteiger charge is 2.52. The van der Waals surface area contributed by atoms with Gasteiger partial charge in [0.05, 0.1) is 11.2 Å². The van der Waals surface area contributed by atoms with E-state index in [1.54, 1.807) is 12.1 Å². The Morgan fingerprint density at radius 3 is 2.25 bits per heavy atom. The monoisotopic (exact) mass is 221 g/mol. The van der Waals surface area contributed by atoms with Crippen LogP contribution in [0.15, 0.2) is 18.2 Å². The summed E-state index contributed by atoms with van der Waals surface area (Å²) in [5, 5.41) is 0. The van der Waals surface area contributed by atoms with Gasteiger partial charge in [-0.25, -0.2) is 4.39 Å². The van der Waals surface area contributed by atoms with Gasteiger partial charge in [-0.15, -0.1) is 0 Å². The van der Waals surface area contributed by atoms with Crippen LogP contribution in [0.2, 0.25) is 0 Å². The smallest absolute Gasteiger partial charge is 0.399 e. The highest BCUT2D eigenvalue weighted by atomic mass is 19.1. The molecule has 1 aliphatic heterocycles. The Bertz CT molecular complexity index is 388. The van der Waals surface area contributed by atoms with E-state index in [2.05, 4.69) is 6.07 Å². The van der Waals surface area contributed by atoms with Crippen molar-refractivity contribution in [3.8, 4) is 0 Å². The normalized spacial score (nSPS) is 22.4. The van der Waals surface area contributed by atoms with Crippen LogP contribution < -0.4 is 5.46 Å². The number of halogens is 1. The summed E-state index contributed by atoms with van der Waals surface area (Å²) in [4.78, 5) is 0. The van der Waals surface area contributed by atoms with Crippen molar-refractivity contribution in [2.45, 2.75) is 38.9 Å². The summed E-state index contributed by atoms with van der Waals surface area (Å²) in [6, 6.07) is 7.47. The minimum Gasteiger partial charge on any atom is -0.399 e. The van der Waals surface area contributed by atoms with Crippen LogP contribution in [0.5, 0.6) is 0 Å². The Kier molecular flexibility index (Phi) is 2.59. The third-order valence-electron chi connectivity index (χ3n) is 3.32. The quantitative estimate of drug-likeness (QED) is 0.674. The molecular formula is C12H15BFO2. The molecule has 2 nitrogen and oxygen atoms in total. The predicted molar refractivity (Wildman–Crippen MR) is 61.0 cm³/mol. The summed E-state index contributed by atoms with van der Waals surface area (Å²) in [6.45, 7) is 7.75. The largest absolute Gasteiger partial charge is 0.498 e. The molecule has 1 heterocycles. The summed E-state index contributed by atoms with van der Waals surface area (Å²) < 4.78 is 25.0. The van der Waals surface area contributed by atoms with E-state index in [1.807, 2.05) is 27.7 Å². The fourth-order valence-corrected chi connectivity index (χ4v) is 1.57. The first-order valence-corrected chi connectivity index (χ1v) is 5.35. The minimum atomic E-state index is -0.675. The van der Waals surface area contributed by atoms with Gasteiger partial charge in [0.1, 0.15) is 5.82 Å². The van der Waals surface area contributed by atoms with E-state index < -0.39 is 18.3 Å². The zero-order chi connectivity index (χ0) is 12.0. The Labute approximate surface area is 95.9 Å². The molecule has 1 radical (unpaired) electrons. The van der Waals surface area contributed by atoms with E-state index in [0.717, 1.165) is 0 Å². The molecular weight excluding hydrogens is 206 g/mol. The van der Waals surface area contributed by atoms with E-state index in [1.165, 1.54) is 6.07 Å². The highest BCUT2D eigenvalue weighted by Crippen LogP contribution is 2.36. The molecule has 1 fully saturated rings. The Hall–Kier alpha value is -0.865.